The van der Waals surface area contributed by atoms with Gasteiger partial charge < -0.3 is 10.6 Å². The normalized spacial score (nSPS) is 25.9. The van der Waals surface area contributed by atoms with Gasteiger partial charge in [-0.25, -0.2) is 8.42 Å². The van der Waals surface area contributed by atoms with E-state index in [1.165, 1.54) is 18.4 Å². The van der Waals surface area contributed by atoms with Crippen LogP contribution < -0.4 is 5.73 Å². The van der Waals surface area contributed by atoms with Crippen molar-refractivity contribution in [1.82, 2.24) is 9.80 Å². The number of rotatable bonds is 9. The Morgan fingerprint density at radius 2 is 1.76 bits per heavy atom. The van der Waals surface area contributed by atoms with Gasteiger partial charge in [0.15, 0.2) is 9.84 Å². The number of nitrogens with zero attached hydrogens (tertiary/aromatic N) is 2. The highest BCUT2D eigenvalue weighted by molar-refractivity contribution is 7.91. The molecule has 2 amide bonds. The number of piperidine rings is 1. The molecule has 7 nitrogen and oxygen atoms in total. The minimum atomic E-state index is -3.34. The molecule has 33 heavy (non-hydrogen) atoms. The van der Waals surface area contributed by atoms with E-state index in [4.69, 9.17) is 5.73 Å². The summed E-state index contributed by atoms with van der Waals surface area (Å²) in [6, 6.07) is 8.64. The van der Waals surface area contributed by atoms with Crippen LogP contribution in [-0.2, 0) is 14.6 Å². The minimum Gasteiger partial charge on any atom is -0.366 e. The second kappa shape index (κ2) is 10.1. The van der Waals surface area contributed by atoms with Crippen LogP contribution in [-0.4, -0.2) is 73.8 Å². The Kier molecular flexibility index (Phi) is 7.43. The Morgan fingerprint density at radius 3 is 2.36 bits per heavy atom. The van der Waals surface area contributed by atoms with Crippen molar-refractivity contribution < 1.29 is 18.0 Å². The Bertz CT molecular complexity index is 960. The number of benzene rings is 1. The van der Waals surface area contributed by atoms with Gasteiger partial charge in [0.25, 0.3) is 0 Å². The number of primary amides is 1. The van der Waals surface area contributed by atoms with E-state index in [0.29, 0.717) is 42.6 Å². The lowest BCUT2D eigenvalue weighted by Crippen LogP contribution is -2.48. The Morgan fingerprint density at radius 1 is 1.09 bits per heavy atom. The number of hydrogen-bond donors (Lipinski definition) is 1. The van der Waals surface area contributed by atoms with E-state index in [9.17, 15) is 18.0 Å². The molecule has 2 heterocycles. The molecule has 8 heteroatoms. The number of hydrogen-bond acceptors (Lipinski definition) is 5. The van der Waals surface area contributed by atoms with Crippen LogP contribution in [0.15, 0.2) is 24.3 Å². The molecule has 0 radical (unpaired) electrons. The van der Waals surface area contributed by atoms with Gasteiger partial charge in [-0.05, 0) is 68.1 Å². The summed E-state index contributed by atoms with van der Waals surface area (Å²) in [4.78, 5) is 28.8. The topological polar surface area (TPSA) is 101 Å². The summed E-state index contributed by atoms with van der Waals surface area (Å²) in [5, 5.41) is 0. The maximum Gasteiger partial charge on any atom is 0.248 e. The maximum atomic E-state index is 12.8. The number of fused-ring (bicyclic) bond motifs is 2. The van der Waals surface area contributed by atoms with Gasteiger partial charge in [0, 0.05) is 43.5 Å². The monoisotopic (exact) mass is 475 g/mol. The van der Waals surface area contributed by atoms with Crippen molar-refractivity contribution in [2.45, 2.75) is 69.4 Å². The van der Waals surface area contributed by atoms with Crippen molar-refractivity contribution in [2.75, 3.05) is 31.6 Å². The van der Waals surface area contributed by atoms with Crippen molar-refractivity contribution in [2.24, 2.45) is 11.7 Å². The minimum absolute atomic E-state index is 0.255. The first-order valence-electron chi connectivity index (χ1n) is 12.3. The fourth-order valence-electron chi connectivity index (χ4n) is 6.23. The first-order valence-corrected chi connectivity index (χ1v) is 14.4. The molecule has 2 N–H and O–H groups in total. The number of nitrogens with two attached hydrogens (primary N) is 1. The van der Waals surface area contributed by atoms with E-state index in [-0.39, 0.29) is 5.91 Å². The van der Waals surface area contributed by atoms with Gasteiger partial charge in [0.2, 0.25) is 11.8 Å². The summed E-state index contributed by atoms with van der Waals surface area (Å²) >= 11 is 0. The standard InChI is InChI=1S/C25H37N3O4S/c1-33(31,32)17-24(29)27(16-18-5-2-3-6-18)11-12-28-22-9-10-23(28)15-21(14-22)19-7-4-8-20(13-19)25(26)30/h4,7-8,13,18,21-23H,2-3,5-6,9-12,14-17H2,1H3,(H2,26,30)/t21?,22-,23+. The van der Waals surface area contributed by atoms with Crippen molar-refractivity contribution in [3.05, 3.63) is 35.4 Å². The predicted molar refractivity (Wildman–Crippen MR) is 129 cm³/mol. The fourth-order valence-corrected chi connectivity index (χ4v) is 6.86. The lowest BCUT2D eigenvalue weighted by molar-refractivity contribution is -0.129. The van der Waals surface area contributed by atoms with Gasteiger partial charge >= 0.3 is 0 Å². The van der Waals surface area contributed by atoms with Gasteiger partial charge in [-0.2, -0.15) is 0 Å². The second-order valence-electron chi connectivity index (χ2n) is 10.3. The molecule has 2 aliphatic heterocycles. The van der Waals surface area contributed by atoms with E-state index in [1.807, 2.05) is 17.0 Å². The van der Waals surface area contributed by atoms with E-state index in [1.54, 1.807) is 6.07 Å². The highest BCUT2D eigenvalue weighted by Crippen LogP contribution is 2.43. The van der Waals surface area contributed by atoms with E-state index in [2.05, 4.69) is 11.0 Å². The SMILES string of the molecule is CS(=O)(=O)CC(=O)N(CCN1[C@@H]2CC[C@H]1CC(c1cccc(C(N)=O)c1)C2)CC1CCCC1. The van der Waals surface area contributed by atoms with E-state index >= 15 is 0 Å². The van der Waals surface area contributed by atoms with Crippen LogP contribution in [0.4, 0.5) is 0 Å². The van der Waals surface area contributed by atoms with Crippen LogP contribution in [0.25, 0.3) is 0 Å². The quantitative estimate of drug-likeness (QED) is 0.592. The van der Waals surface area contributed by atoms with Crippen LogP contribution in [0.5, 0.6) is 0 Å². The molecule has 0 aromatic heterocycles. The van der Waals surface area contributed by atoms with Crippen LogP contribution >= 0.6 is 0 Å². The lowest BCUT2D eigenvalue weighted by Gasteiger charge is -2.40. The Hall–Kier alpha value is -1.93. The summed E-state index contributed by atoms with van der Waals surface area (Å²) in [5.74, 6) is -0.133. The summed E-state index contributed by atoms with van der Waals surface area (Å²) in [6.07, 6.45) is 10.2. The number of carbonyl (C=O) groups excluding carboxylic acids is 2. The van der Waals surface area contributed by atoms with E-state index in [0.717, 1.165) is 51.3 Å². The molecule has 2 bridgehead atoms. The molecule has 3 aliphatic rings. The molecule has 3 atom stereocenters. The average molecular weight is 476 g/mol. The molecule has 4 rings (SSSR count). The number of sulfone groups is 1. The largest absolute Gasteiger partial charge is 0.366 e. The molecular formula is C25H37N3O4S. The van der Waals surface area contributed by atoms with Crippen LogP contribution in [0, 0.1) is 5.92 Å². The summed E-state index contributed by atoms with van der Waals surface area (Å²) < 4.78 is 23.5. The summed E-state index contributed by atoms with van der Waals surface area (Å²) in [5.41, 5.74) is 7.23. The number of amides is 2. The van der Waals surface area contributed by atoms with Crippen LogP contribution in [0.1, 0.15) is 73.2 Å². The zero-order valence-corrected chi connectivity index (χ0v) is 20.4. The second-order valence-corrected chi connectivity index (χ2v) is 12.5. The molecule has 1 unspecified atom stereocenters. The first kappa shape index (κ1) is 24.2. The number of carbonyl (C=O) groups is 2. The molecule has 182 valence electrons. The molecule has 1 aromatic carbocycles. The van der Waals surface area contributed by atoms with Gasteiger partial charge in [-0.15, -0.1) is 0 Å². The van der Waals surface area contributed by atoms with E-state index < -0.39 is 21.5 Å². The van der Waals surface area contributed by atoms with Crippen LogP contribution in [0.3, 0.4) is 0 Å². The van der Waals surface area contributed by atoms with Crippen molar-refractivity contribution in [1.29, 1.82) is 0 Å². The zero-order chi connectivity index (χ0) is 23.6. The third kappa shape index (κ3) is 6.15. The molecule has 1 aliphatic carbocycles. The molecule has 1 aromatic rings. The third-order valence-electron chi connectivity index (χ3n) is 7.85. The highest BCUT2D eigenvalue weighted by atomic mass is 32.2. The Labute approximate surface area is 197 Å². The molecule has 0 spiro atoms. The first-order chi connectivity index (χ1) is 15.7. The molecule has 3 fully saturated rings. The van der Waals surface area contributed by atoms with Crippen molar-refractivity contribution >= 4 is 21.7 Å². The molecule has 2 saturated heterocycles. The van der Waals surface area contributed by atoms with Crippen LogP contribution in [0.2, 0.25) is 0 Å². The van der Waals surface area contributed by atoms with Crippen molar-refractivity contribution in [3.8, 4) is 0 Å². The predicted octanol–water partition coefficient (Wildman–Crippen LogP) is 2.56. The average Bonchev–Trinajstić information content (AvgIpc) is 3.34. The Balaban J connectivity index is 1.39. The van der Waals surface area contributed by atoms with Crippen molar-refractivity contribution in [3.63, 3.8) is 0 Å². The molecule has 1 saturated carbocycles. The third-order valence-corrected chi connectivity index (χ3v) is 8.62. The fraction of sp³-hybridized carbons (Fsp3) is 0.680. The van der Waals surface area contributed by atoms with Gasteiger partial charge in [-0.3, -0.25) is 14.5 Å². The highest BCUT2D eigenvalue weighted by Gasteiger charge is 2.41. The lowest BCUT2D eigenvalue weighted by atomic mass is 9.84. The smallest absolute Gasteiger partial charge is 0.248 e. The van der Waals surface area contributed by atoms with Gasteiger partial charge in [-0.1, -0.05) is 25.0 Å². The zero-order valence-electron chi connectivity index (χ0n) is 19.6. The summed E-state index contributed by atoms with van der Waals surface area (Å²) in [6.45, 7) is 2.07. The van der Waals surface area contributed by atoms with Gasteiger partial charge in [0.1, 0.15) is 5.75 Å². The summed E-state index contributed by atoms with van der Waals surface area (Å²) in [7, 11) is -3.34. The van der Waals surface area contributed by atoms with Gasteiger partial charge in [0.05, 0.1) is 0 Å². The maximum absolute atomic E-state index is 12.8. The molecular weight excluding hydrogens is 438 g/mol.